The molecule has 3 aromatic heterocycles. The first kappa shape index (κ1) is 16.7. The Balaban J connectivity index is 1.78. The molecule has 132 valence electrons. The number of fused-ring (bicyclic) bond motifs is 1. The van der Waals surface area contributed by atoms with Crippen LogP contribution in [0.15, 0.2) is 54.9 Å². The molecule has 0 unspecified atom stereocenters. The summed E-state index contributed by atoms with van der Waals surface area (Å²) >= 11 is 0. The first-order chi connectivity index (χ1) is 13.2. The number of nitriles is 1. The molecule has 4 rings (SSSR count). The van der Waals surface area contributed by atoms with E-state index in [1.807, 2.05) is 30.3 Å². The van der Waals surface area contributed by atoms with Gasteiger partial charge in [0.25, 0.3) is 0 Å². The lowest BCUT2D eigenvalue weighted by molar-refractivity contribution is 0.734. The van der Waals surface area contributed by atoms with E-state index < -0.39 is 0 Å². The highest BCUT2D eigenvalue weighted by molar-refractivity contribution is 5.81. The molecule has 0 aliphatic rings. The van der Waals surface area contributed by atoms with Gasteiger partial charge >= 0.3 is 0 Å². The Kier molecular flexibility index (Phi) is 4.22. The number of nitrogens with one attached hydrogen (secondary N) is 1. The number of nitrogens with zero attached hydrogens (tertiary/aromatic N) is 6. The molecule has 0 spiro atoms. The van der Waals surface area contributed by atoms with E-state index in [9.17, 15) is 0 Å². The van der Waals surface area contributed by atoms with E-state index in [1.54, 1.807) is 29.2 Å². The van der Waals surface area contributed by atoms with E-state index in [0.29, 0.717) is 11.5 Å². The molecule has 1 N–H and O–H groups in total. The molecule has 0 saturated carbocycles. The number of aromatic nitrogens is 5. The van der Waals surface area contributed by atoms with Crippen LogP contribution in [0, 0.1) is 11.3 Å². The maximum Gasteiger partial charge on any atom is 0.227 e. The SMILES string of the molecule is CC(C)c1nn2ncccc2c1-c1ccnc(Nc2cccc(C#N)c2)n1. The molecule has 0 aliphatic heterocycles. The van der Waals surface area contributed by atoms with Crippen molar-refractivity contribution in [3.05, 3.63) is 66.1 Å². The van der Waals surface area contributed by atoms with Crippen molar-refractivity contribution in [1.29, 1.82) is 5.26 Å². The van der Waals surface area contributed by atoms with Crippen molar-refractivity contribution in [2.24, 2.45) is 0 Å². The summed E-state index contributed by atoms with van der Waals surface area (Å²) in [5.41, 5.74) is 4.90. The summed E-state index contributed by atoms with van der Waals surface area (Å²) < 4.78 is 1.64. The molecule has 4 aromatic rings. The Labute approximate surface area is 156 Å². The monoisotopic (exact) mass is 355 g/mol. The van der Waals surface area contributed by atoms with Gasteiger partial charge in [-0.2, -0.15) is 20.1 Å². The molecule has 0 saturated heterocycles. The summed E-state index contributed by atoms with van der Waals surface area (Å²) in [6.45, 7) is 4.19. The highest BCUT2D eigenvalue weighted by atomic mass is 15.4. The zero-order valence-corrected chi connectivity index (χ0v) is 15.0. The van der Waals surface area contributed by atoms with E-state index >= 15 is 0 Å². The van der Waals surface area contributed by atoms with E-state index in [1.165, 1.54) is 0 Å². The van der Waals surface area contributed by atoms with Crippen LogP contribution in [0.3, 0.4) is 0 Å². The summed E-state index contributed by atoms with van der Waals surface area (Å²) in [5, 5.41) is 21.1. The fraction of sp³-hybridized carbons (Fsp3) is 0.150. The van der Waals surface area contributed by atoms with Gasteiger partial charge in [-0.1, -0.05) is 19.9 Å². The van der Waals surface area contributed by atoms with Gasteiger partial charge in [0, 0.05) is 18.1 Å². The van der Waals surface area contributed by atoms with Gasteiger partial charge in [-0.05, 0) is 42.3 Å². The molecule has 27 heavy (non-hydrogen) atoms. The van der Waals surface area contributed by atoms with Crippen molar-refractivity contribution >= 4 is 17.2 Å². The number of hydrogen-bond donors (Lipinski definition) is 1. The van der Waals surface area contributed by atoms with Gasteiger partial charge in [-0.3, -0.25) is 0 Å². The molecule has 0 amide bonds. The van der Waals surface area contributed by atoms with E-state index in [2.05, 4.69) is 45.4 Å². The summed E-state index contributed by atoms with van der Waals surface area (Å²) in [6.07, 6.45) is 3.42. The minimum atomic E-state index is 0.223. The summed E-state index contributed by atoms with van der Waals surface area (Å²) in [4.78, 5) is 8.98. The maximum atomic E-state index is 9.06. The van der Waals surface area contributed by atoms with Crippen molar-refractivity contribution in [2.75, 3.05) is 5.32 Å². The summed E-state index contributed by atoms with van der Waals surface area (Å²) in [7, 11) is 0. The molecule has 0 fully saturated rings. The molecule has 0 aliphatic carbocycles. The molecule has 7 heteroatoms. The average molecular weight is 355 g/mol. The number of anilines is 2. The van der Waals surface area contributed by atoms with Crippen LogP contribution in [-0.4, -0.2) is 24.8 Å². The molecule has 1 aromatic carbocycles. The second-order valence-electron chi connectivity index (χ2n) is 6.40. The minimum absolute atomic E-state index is 0.223. The van der Waals surface area contributed by atoms with E-state index in [0.717, 1.165) is 28.2 Å². The van der Waals surface area contributed by atoms with Gasteiger partial charge in [0.2, 0.25) is 5.95 Å². The Bertz CT molecular complexity index is 1150. The Morgan fingerprint density at radius 1 is 1.11 bits per heavy atom. The second-order valence-corrected chi connectivity index (χ2v) is 6.40. The van der Waals surface area contributed by atoms with Crippen LogP contribution >= 0.6 is 0 Å². The molecule has 7 nitrogen and oxygen atoms in total. The summed E-state index contributed by atoms with van der Waals surface area (Å²) in [6, 6.07) is 15.1. The zero-order chi connectivity index (χ0) is 18.8. The van der Waals surface area contributed by atoms with Crippen molar-refractivity contribution in [1.82, 2.24) is 24.8 Å². The molecular weight excluding hydrogens is 338 g/mol. The van der Waals surface area contributed by atoms with Crippen molar-refractivity contribution in [3.63, 3.8) is 0 Å². The number of hydrogen-bond acceptors (Lipinski definition) is 6. The Hall–Kier alpha value is -3.79. The lowest BCUT2D eigenvalue weighted by Gasteiger charge is -2.08. The van der Waals surface area contributed by atoms with Gasteiger partial charge in [0.1, 0.15) is 0 Å². The Morgan fingerprint density at radius 3 is 2.81 bits per heavy atom. The molecule has 0 radical (unpaired) electrons. The van der Waals surface area contributed by atoms with Gasteiger partial charge in [0.15, 0.2) is 0 Å². The lowest BCUT2D eigenvalue weighted by Crippen LogP contribution is -1.99. The largest absolute Gasteiger partial charge is 0.324 e. The fourth-order valence-corrected chi connectivity index (χ4v) is 2.93. The summed E-state index contributed by atoms with van der Waals surface area (Å²) in [5.74, 6) is 0.681. The second kappa shape index (κ2) is 6.84. The first-order valence-electron chi connectivity index (χ1n) is 8.60. The van der Waals surface area contributed by atoms with Gasteiger partial charge in [0.05, 0.1) is 34.1 Å². The normalized spacial score (nSPS) is 10.9. The maximum absolute atomic E-state index is 9.06. The predicted molar refractivity (Wildman–Crippen MR) is 103 cm³/mol. The van der Waals surface area contributed by atoms with Crippen LogP contribution in [0.25, 0.3) is 16.8 Å². The topological polar surface area (TPSA) is 91.8 Å². The first-order valence-corrected chi connectivity index (χ1v) is 8.60. The number of rotatable bonds is 4. The van der Waals surface area contributed by atoms with Crippen LogP contribution in [0.1, 0.15) is 31.0 Å². The Morgan fingerprint density at radius 2 is 2.00 bits per heavy atom. The van der Waals surface area contributed by atoms with Crippen molar-refractivity contribution in [2.45, 2.75) is 19.8 Å². The molecular formula is C20H17N7. The zero-order valence-electron chi connectivity index (χ0n) is 15.0. The molecule has 0 bridgehead atoms. The van der Waals surface area contributed by atoms with E-state index in [-0.39, 0.29) is 5.92 Å². The van der Waals surface area contributed by atoms with Gasteiger partial charge in [-0.15, -0.1) is 0 Å². The van der Waals surface area contributed by atoms with Gasteiger partial charge < -0.3 is 5.32 Å². The smallest absolute Gasteiger partial charge is 0.227 e. The van der Waals surface area contributed by atoms with Crippen molar-refractivity contribution in [3.8, 4) is 17.3 Å². The predicted octanol–water partition coefficient (Wildman–Crippen LogP) is 3.92. The molecule has 0 atom stereocenters. The van der Waals surface area contributed by atoms with E-state index in [4.69, 9.17) is 5.26 Å². The fourth-order valence-electron chi connectivity index (χ4n) is 2.93. The van der Waals surface area contributed by atoms with Crippen LogP contribution in [0.2, 0.25) is 0 Å². The highest BCUT2D eigenvalue weighted by Gasteiger charge is 2.19. The quantitative estimate of drug-likeness (QED) is 0.596. The highest BCUT2D eigenvalue weighted by Crippen LogP contribution is 2.31. The van der Waals surface area contributed by atoms with Crippen LogP contribution in [-0.2, 0) is 0 Å². The third-order valence-electron chi connectivity index (χ3n) is 4.15. The third-order valence-corrected chi connectivity index (χ3v) is 4.15. The third kappa shape index (κ3) is 3.20. The molecule has 3 heterocycles. The van der Waals surface area contributed by atoms with Gasteiger partial charge in [-0.25, -0.2) is 9.97 Å². The standard InChI is InChI=1S/C20H17N7/c1-13(2)19-18(17-7-4-9-23-27(17)26-19)16-8-10-22-20(25-16)24-15-6-3-5-14(11-15)12-21/h3-11,13H,1-2H3,(H,22,24,25). The van der Waals surface area contributed by atoms with Crippen LogP contribution < -0.4 is 5.32 Å². The van der Waals surface area contributed by atoms with Crippen LogP contribution in [0.4, 0.5) is 11.6 Å². The lowest BCUT2D eigenvalue weighted by atomic mass is 10.0. The minimum Gasteiger partial charge on any atom is -0.324 e. The number of benzene rings is 1. The average Bonchev–Trinajstić information content (AvgIpc) is 3.08. The van der Waals surface area contributed by atoms with Crippen LogP contribution in [0.5, 0.6) is 0 Å². The van der Waals surface area contributed by atoms with Crippen molar-refractivity contribution < 1.29 is 0 Å².